The molecule has 0 spiro atoms. The summed E-state index contributed by atoms with van der Waals surface area (Å²) in [7, 11) is 0. The summed E-state index contributed by atoms with van der Waals surface area (Å²) >= 11 is 0. The van der Waals surface area contributed by atoms with Crippen molar-refractivity contribution < 1.29 is 14.7 Å². The molecule has 1 amide bonds. The van der Waals surface area contributed by atoms with E-state index in [2.05, 4.69) is 0 Å². The Morgan fingerprint density at radius 1 is 1.33 bits per heavy atom. The lowest BCUT2D eigenvalue weighted by molar-refractivity contribution is -0.146. The maximum absolute atomic E-state index is 12.3. The van der Waals surface area contributed by atoms with Gasteiger partial charge in [0.25, 0.3) is 0 Å². The average Bonchev–Trinajstić information content (AvgIpc) is 2.53. The number of benzene rings is 1. The molecule has 0 radical (unpaired) electrons. The first-order valence-corrected chi connectivity index (χ1v) is 7.39. The summed E-state index contributed by atoms with van der Waals surface area (Å²) in [6.45, 7) is 0.898. The van der Waals surface area contributed by atoms with Gasteiger partial charge in [0.05, 0.1) is 12.0 Å². The van der Waals surface area contributed by atoms with E-state index in [1.807, 2.05) is 30.3 Å². The molecule has 1 unspecified atom stereocenters. The smallest absolute Gasteiger partial charge is 0.308 e. The number of carbonyl (C=O) groups is 2. The third-order valence-electron chi connectivity index (χ3n) is 3.99. The summed E-state index contributed by atoms with van der Waals surface area (Å²) < 4.78 is 0. The average molecular weight is 290 g/mol. The van der Waals surface area contributed by atoms with Gasteiger partial charge in [0.2, 0.25) is 5.91 Å². The van der Waals surface area contributed by atoms with E-state index in [9.17, 15) is 9.59 Å². The zero-order valence-corrected chi connectivity index (χ0v) is 12.1. The van der Waals surface area contributed by atoms with E-state index in [0.29, 0.717) is 19.4 Å². The topological polar surface area (TPSA) is 83.6 Å². The van der Waals surface area contributed by atoms with Crippen molar-refractivity contribution in [2.75, 3.05) is 13.1 Å². The molecule has 2 atom stereocenters. The Balaban J connectivity index is 1.85. The fraction of sp³-hybridized carbons (Fsp3) is 0.500. The third kappa shape index (κ3) is 4.29. The van der Waals surface area contributed by atoms with Gasteiger partial charge in [0.15, 0.2) is 0 Å². The van der Waals surface area contributed by atoms with Gasteiger partial charge in [0, 0.05) is 13.1 Å². The largest absolute Gasteiger partial charge is 0.481 e. The number of aryl methyl sites for hydroxylation is 1. The molecule has 0 saturated carbocycles. The van der Waals surface area contributed by atoms with E-state index < -0.39 is 17.9 Å². The minimum absolute atomic E-state index is 0.128. The molecule has 1 aliphatic heterocycles. The van der Waals surface area contributed by atoms with Crippen molar-refractivity contribution in [1.82, 2.24) is 4.90 Å². The van der Waals surface area contributed by atoms with Crippen molar-refractivity contribution in [2.24, 2.45) is 11.7 Å². The molecule has 1 saturated heterocycles. The van der Waals surface area contributed by atoms with Gasteiger partial charge in [-0.25, -0.2) is 0 Å². The quantitative estimate of drug-likeness (QED) is 0.855. The second-order valence-corrected chi connectivity index (χ2v) is 5.59. The van der Waals surface area contributed by atoms with Crippen molar-refractivity contribution in [3.63, 3.8) is 0 Å². The van der Waals surface area contributed by atoms with Crippen molar-refractivity contribution in [2.45, 2.75) is 31.7 Å². The van der Waals surface area contributed by atoms with Crippen LogP contribution in [-0.2, 0) is 16.0 Å². The lowest BCUT2D eigenvalue weighted by Crippen LogP contribution is -2.49. The number of rotatable bonds is 5. The molecule has 1 aliphatic rings. The lowest BCUT2D eigenvalue weighted by Gasteiger charge is -2.32. The summed E-state index contributed by atoms with van der Waals surface area (Å²) in [4.78, 5) is 24.9. The zero-order valence-electron chi connectivity index (χ0n) is 12.1. The van der Waals surface area contributed by atoms with Crippen molar-refractivity contribution in [3.8, 4) is 0 Å². The van der Waals surface area contributed by atoms with Gasteiger partial charge in [-0.2, -0.15) is 0 Å². The van der Waals surface area contributed by atoms with Gasteiger partial charge in [-0.3, -0.25) is 9.59 Å². The Kier molecular flexibility index (Phi) is 5.33. The van der Waals surface area contributed by atoms with E-state index in [4.69, 9.17) is 10.8 Å². The number of hydrogen-bond acceptors (Lipinski definition) is 3. The van der Waals surface area contributed by atoms with Gasteiger partial charge in [-0.15, -0.1) is 0 Å². The van der Waals surface area contributed by atoms with E-state index >= 15 is 0 Å². The van der Waals surface area contributed by atoms with Gasteiger partial charge in [-0.1, -0.05) is 30.3 Å². The second kappa shape index (κ2) is 7.22. The fourth-order valence-corrected chi connectivity index (χ4v) is 2.70. The van der Waals surface area contributed by atoms with E-state index in [1.54, 1.807) is 4.90 Å². The van der Waals surface area contributed by atoms with Gasteiger partial charge >= 0.3 is 5.97 Å². The van der Waals surface area contributed by atoms with Crippen LogP contribution in [0.2, 0.25) is 0 Å². The summed E-state index contributed by atoms with van der Waals surface area (Å²) in [6.07, 6.45) is 2.70. The monoisotopic (exact) mass is 290 g/mol. The van der Waals surface area contributed by atoms with Gasteiger partial charge in [0.1, 0.15) is 0 Å². The van der Waals surface area contributed by atoms with Crippen LogP contribution in [0, 0.1) is 5.92 Å². The van der Waals surface area contributed by atoms with Crippen LogP contribution >= 0.6 is 0 Å². The molecule has 21 heavy (non-hydrogen) atoms. The maximum Gasteiger partial charge on any atom is 0.308 e. The number of nitrogens with two attached hydrogens (primary N) is 1. The molecule has 114 valence electrons. The highest BCUT2D eigenvalue weighted by atomic mass is 16.4. The molecule has 1 aromatic rings. The molecule has 0 bridgehead atoms. The van der Waals surface area contributed by atoms with Crippen LogP contribution in [0.3, 0.4) is 0 Å². The first kappa shape index (κ1) is 15.5. The highest BCUT2D eigenvalue weighted by Gasteiger charge is 2.30. The number of piperidine rings is 1. The number of amides is 1. The van der Waals surface area contributed by atoms with E-state index in [1.165, 1.54) is 0 Å². The zero-order chi connectivity index (χ0) is 15.2. The number of nitrogens with zero attached hydrogens (tertiary/aromatic N) is 1. The first-order valence-electron chi connectivity index (χ1n) is 7.39. The molecule has 1 fully saturated rings. The molecule has 1 aromatic carbocycles. The van der Waals surface area contributed by atoms with Crippen molar-refractivity contribution >= 4 is 11.9 Å². The predicted octanol–water partition coefficient (Wildman–Crippen LogP) is 1.27. The molecule has 1 heterocycles. The summed E-state index contributed by atoms with van der Waals surface area (Å²) in [6, 6.07) is 9.35. The number of hydrogen-bond donors (Lipinski definition) is 2. The number of carbonyl (C=O) groups excluding carboxylic acids is 1. The number of carboxylic acid groups (broad SMARTS) is 1. The number of carboxylic acids is 1. The molecule has 5 nitrogen and oxygen atoms in total. The van der Waals surface area contributed by atoms with Crippen LogP contribution in [-0.4, -0.2) is 41.0 Å². The van der Waals surface area contributed by atoms with Crippen LogP contribution in [0.1, 0.15) is 24.8 Å². The highest BCUT2D eigenvalue weighted by molar-refractivity contribution is 5.82. The number of aliphatic carboxylic acids is 1. The predicted molar refractivity (Wildman–Crippen MR) is 79.7 cm³/mol. The summed E-state index contributed by atoms with van der Waals surface area (Å²) in [5.74, 6) is -1.41. The normalized spacial score (nSPS) is 20.0. The standard InChI is InChI=1S/C16H22N2O3/c17-14(9-8-12-5-2-1-3-6-12)15(19)18-10-4-7-13(11-18)16(20)21/h1-3,5-6,13-14H,4,7-11,17H2,(H,20,21)/t13-,14?/m1/s1. The van der Waals surface area contributed by atoms with Crippen LogP contribution < -0.4 is 5.73 Å². The van der Waals surface area contributed by atoms with Gasteiger partial charge < -0.3 is 15.7 Å². The van der Waals surface area contributed by atoms with Crippen LogP contribution in [0.5, 0.6) is 0 Å². The van der Waals surface area contributed by atoms with Gasteiger partial charge in [-0.05, 0) is 31.2 Å². The molecular formula is C16H22N2O3. The highest BCUT2D eigenvalue weighted by Crippen LogP contribution is 2.18. The Morgan fingerprint density at radius 2 is 2.05 bits per heavy atom. The van der Waals surface area contributed by atoms with E-state index in [-0.39, 0.29) is 12.5 Å². The Morgan fingerprint density at radius 3 is 2.71 bits per heavy atom. The van der Waals surface area contributed by atoms with Crippen LogP contribution in [0.25, 0.3) is 0 Å². The summed E-state index contributed by atoms with van der Waals surface area (Å²) in [5, 5.41) is 9.06. The molecule has 0 aliphatic carbocycles. The molecule has 5 heteroatoms. The second-order valence-electron chi connectivity index (χ2n) is 5.59. The van der Waals surface area contributed by atoms with Crippen molar-refractivity contribution in [1.29, 1.82) is 0 Å². The lowest BCUT2D eigenvalue weighted by atomic mass is 9.97. The van der Waals surface area contributed by atoms with E-state index in [0.717, 1.165) is 18.4 Å². The number of likely N-dealkylation sites (tertiary alicyclic amines) is 1. The molecule has 3 N–H and O–H groups in total. The maximum atomic E-state index is 12.3. The minimum atomic E-state index is -0.828. The molecule has 0 aromatic heterocycles. The van der Waals surface area contributed by atoms with Crippen LogP contribution in [0.15, 0.2) is 30.3 Å². The van der Waals surface area contributed by atoms with Crippen molar-refractivity contribution in [3.05, 3.63) is 35.9 Å². The van der Waals surface area contributed by atoms with Crippen LogP contribution in [0.4, 0.5) is 0 Å². The minimum Gasteiger partial charge on any atom is -0.481 e. The third-order valence-corrected chi connectivity index (χ3v) is 3.99. The first-order chi connectivity index (χ1) is 10.1. The molecular weight excluding hydrogens is 268 g/mol. The Bertz CT molecular complexity index is 490. The summed E-state index contributed by atoms with van der Waals surface area (Å²) in [5.41, 5.74) is 7.13. The fourth-order valence-electron chi connectivity index (χ4n) is 2.70. The Hall–Kier alpha value is -1.88. The molecule has 2 rings (SSSR count). The Labute approximate surface area is 124 Å². The SMILES string of the molecule is NC(CCc1ccccc1)C(=O)N1CCC[C@@H](C(=O)O)C1.